The molecule has 0 heterocycles. The first-order valence-electron chi connectivity index (χ1n) is 10.1. The number of amides is 3. The van der Waals surface area contributed by atoms with Gasteiger partial charge in [0.1, 0.15) is 12.1 Å². The van der Waals surface area contributed by atoms with Crippen LogP contribution in [-0.2, 0) is 25.6 Å². The third-order valence-corrected chi connectivity index (χ3v) is 4.92. The summed E-state index contributed by atoms with van der Waals surface area (Å²) in [6.07, 6.45) is -0.457. The first kappa shape index (κ1) is 26.1. The molecule has 10 nitrogen and oxygen atoms in total. The Balaban J connectivity index is 2.63. The molecular formula is C21H32N4O6. The summed E-state index contributed by atoms with van der Waals surface area (Å²) in [5, 5.41) is 26.2. The van der Waals surface area contributed by atoms with Crippen molar-refractivity contribution >= 4 is 23.7 Å². The molecule has 0 radical (unpaired) electrons. The van der Waals surface area contributed by atoms with Gasteiger partial charge in [-0.2, -0.15) is 0 Å². The molecule has 0 fully saturated rings. The molecule has 0 spiro atoms. The average molecular weight is 437 g/mol. The fourth-order valence-electron chi connectivity index (χ4n) is 2.81. The van der Waals surface area contributed by atoms with E-state index in [2.05, 4.69) is 16.0 Å². The van der Waals surface area contributed by atoms with Crippen LogP contribution in [-0.4, -0.2) is 64.7 Å². The lowest BCUT2D eigenvalue weighted by molar-refractivity contribution is -0.143. The molecule has 0 aromatic heterocycles. The molecule has 10 heteroatoms. The maximum absolute atomic E-state index is 12.4. The molecule has 1 aromatic rings. The molecule has 5 unspecified atom stereocenters. The molecule has 0 aliphatic carbocycles. The molecule has 3 amide bonds. The summed E-state index contributed by atoms with van der Waals surface area (Å²) in [4.78, 5) is 48.1. The first-order chi connectivity index (χ1) is 14.6. The van der Waals surface area contributed by atoms with E-state index in [-0.39, 0.29) is 12.3 Å². The van der Waals surface area contributed by atoms with Crippen molar-refractivity contribution in [3.8, 4) is 0 Å². The van der Waals surface area contributed by atoms with Gasteiger partial charge < -0.3 is 31.9 Å². The number of carboxylic acids is 1. The van der Waals surface area contributed by atoms with Crippen molar-refractivity contribution < 1.29 is 29.4 Å². The van der Waals surface area contributed by atoms with Crippen LogP contribution in [0.2, 0.25) is 0 Å². The Morgan fingerprint density at radius 2 is 1.61 bits per heavy atom. The smallest absolute Gasteiger partial charge is 0.326 e. The quantitative estimate of drug-likeness (QED) is 0.248. The topological polar surface area (TPSA) is 171 Å². The maximum Gasteiger partial charge on any atom is 0.326 e. The standard InChI is InChI=1S/C21H32N4O6/c1-4-12(2)17(21(30)31)24-16(27)11-23-20(29)18(13(3)26)25-19(28)15(22)10-14-8-6-5-7-9-14/h5-9,12-13,15,17-18,26H,4,10-11,22H2,1-3H3,(H,23,29)(H,24,27)(H,25,28)(H,30,31). The Labute approximate surface area is 181 Å². The molecule has 1 aromatic carbocycles. The van der Waals surface area contributed by atoms with Crippen molar-refractivity contribution in [3.05, 3.63) is 35.9 Å². The molecule has 7 N–H and O–H groups in total. The highest BCUT2D eigenvalue weighted by Gasteiger charge is 2.29. The summed E-state index contributed by atoms with van der Waals surface area (Å²) in [5.41, 5.74) is 6.74. The average Bonchev–Trinajstić information content (AvgIpc) is 2.73. The van der Waals surface area contributed by atoms with Crippen molar-refractivity contribution in [2.45, 2.75) is 57.8 Å². The molecule has 0 bridgehead atoms. The van der Waals surface area contributed by atoms with Gasteiger partial charge in [-0.05, 0) is 24.8 Å². The lowest BCUT2D eigenvalue weighted by Gasteiger charge is -2.23. The number of nitrogens with one attached hydrogen (secondary N) is 3. The highest BCUT2D eigenvalue weighted by molar-refractivity contribution is 5.93. The normalized spacial score (nSPS) is 15.6. The summed E-state index contributed by atoms with van der Waals surface area (Å²) < 4.78 is 0. The summed E-state index contributed by atoms with van der Waals surface area (Å²) in [6, 6.07) is 5.74. The predicted molar refractivity (Wildman–Crippen MR) is 114 cm³/mol. The van der Waals surface area contributed by atoms with Crippen molar-refractivity contribution in [2.75, 3.05) is 6.54 Å². The number of carboxylic acid groups (broad SMARTS) is 1. The SMILES string of the molecule is CCC(C)C(NC(=O)CNC(=O)C(NC(=O)C(N)Cc1ccccc1)C(C)O)C(=O)O. The number of hydrogen-bond donors (Lipinski definition) is 6. The Kier molecular flexibility index (Phi) is 10.6. The Morgan fingerprint density at radius 1 is 1.00 bits per heavy atom. The fraction of sp³-hybridized carbons (Fsp3) is 0.524. The molecule has 172 valence electrons. The van der Waals surface area contributed by atoms with E-state index in [9.17, 15) is 29.4 Å². The number of aliphatic carboxylic acids is 1. The molecule has 0 saturated carbocycles. The van der Waals surface area contributed by atoms with E-state index < -0.39 is 54.5 Å². The van der Waals surface area contributed by atoms with Crippen molar-refractivity contribution in [2.24, 2.45) is 11.7 Å². The summed E-state index contributed by atoms with van der Waals surface area (Å²) >= 11 is 0. The first-order valence-corrected chi connectivity index (χ1v) is 10.1. The summed E-state index contributed by atoms with van der Waals surface area (Å²) in [7, 11) is 0. The molecule has 31 heavy (non-hydrogen) atoms. The van der Waals surface area contributed by atoms with Gasteiger partial charge in [-0.15, -0.1) is 0 Å². The number of carbonyl (C=O) groups is 4. The largest absolute Gasteiger partial charge is 0.480 e. The van der Waals surface area contributed by atoms with Gasteiger partial charge in [0.05, 0.1) is 18.7 Å². The van der Waals surface area contributed by atoms with Gasteiger partial charge >= 0.3 is 5.97 Å². The number of carbonyl (C=O) groups excluding carboxylic acids is 3. The Morgan fingerprint density at radius 3 is 2.13 bits per heavy atom. The number of benzene rings is 1. The third-order valence-electron chi connectivity index (χ3n) is 4.92. The van der Waals surface area contributed by atoms with Crippen LogP contribution in [0.5, 0.6) is 0 Å². The van der Waals surface area contributed by atoms with Crippen LogP contribution in [0.1, 0.15) is 32.8 Å². The van der Waals surface area contributed by atoms with Crippen molar-refractivity contribution in [3.63, 3.8) is 0 Å². The minimum absolute atomic E-state index is 0.245. The van der Waals surface area contributed by atoms with Crippen molar-refractivity contribution in [1.82, 2.24) is 16.0 Å². The van der Waals surface area contributed by atoms with Gasteiger partial charge in [0, 0.05) is 0 Å². The number of nitrogens with two attached hydrogens (primary N) is 1. The van der Waals surface area contributed by atoms with E-state index in [4.69, 9.17) is 5.73 Å². The Bertz CT molecular complexity index is 755. The van der Waals surface area contributed by atoms with E-state index in [1.165, 1.54) is 6.92 Å². The number of rotatable bonds is 12. The second kappa shape index (κ2) is 12.7. The highest BCUT2D eigenvalue weighted by atomic mass is 16.4. The van der Waals surface area contributed by atoms with E-state index in [1.54, 1.807) is 13.8 Å². The number of aliphatic hydroxyl groups excluding tert-OH is 1. The zero-order valence-corrected chi connectivity index (χ0v) is 18.0. The second-order valence-electron chi connectivity index (χ2n) is 7.51. The van der Waals surface area contributed by atoms with Crippen LogP contribution in [0.25, 0.3) is 0 Å². The van der Waals surface area contributed by atoms with Crippen LogP contribution in [0.3, 0.4) is 0 Å². The van der Waals surface area contributed by atoms with Crippen LogP contribution in [0, 0.1) is 5.92 Å². The zero-order valence-electron chi connectivity index (χ0n) is 18.0. The van der Waals surface area contributed by atoms with E-state index in [0.717, 1.165) is 5.56 Å². The lowest BCUT2D eigenvalue weighted by atomic mass is 9.99. The predicted octanol–water partition coefficient (Wildman–Crippen LogP) is -0.846. The number of aliphatic hydroxyl groups is 1. The van der Waals surface area contributed by atoms with Gasteiger partial charge in [0.15, 0.2) is 0 Å². The maximum atomic E-state index is 12.4. The lowest BCUT2D eigenvalue weighted by Crippen LogP contribution is -2.57. The number of hydrogen-bond acceptors (Lipinski definition) is 6. The van der Waals surface area contributed by atoms with Gasteiger partial charge in [-0.3, -0.25) is 14.4 Å². The Hall–Kier alpha value is -2.98. The van der Waals surface area contributed by atoms with Crippen LogP contribution < -0.4 is 21.7 Å². The van der Waals surface area contributed by atoms with Crippen LogP contribution >= 0.6 is 0 Å². The monoisotopic (exact) mass is 436 g/mol. The van der Waals surface area contributed by atoms with E-state index in [0.29, 0.717) is 6.42 Å². The summed E-state index contributed by atoms with van der Waals surface area (Å²) in [6.45, 7) is 4.30. The van der Waals surface area contributed by atoms with Gasteiger partial charge in [0.2, 0.25) is 17.7 Å². The molecular weight excluding hydrogens is 404 g/mol. The van der Waals surface area contributed by atoms with E-state index >= 15 is 0 Å². The van der Waals surface area contributed by atoms with Crippen molar-refractivity contribution in [1.29, 1.82) is 0 Å². The second-order valence-corrected chi connectivity index (χ2v) is 7.51. The zero-order chi connectivity index (χ0) is 23.6. The minimum atomic E-state index is -1.33. The third kappa shape index (κ3) is 8.73. The van der Waals surface area contributed by atoms with E-state index in [1.807, 2.05) is 30.3 Å². The molecule has 0 aliphatic rings. The van der Waals surface area contributed by atoms with Crippen LogP contribution in [0.4, 0.5) is 0 Å². The van der Waals surface area contributed by atoms with Gasteiger partial charge in [-0.25, -0.2) is 4.79 Å². The highest BCUT2D eigenvalue weighted by Crippen LogP contribution is 2.07. The minimum Gasteiger partial charge on any atom is -0.480 e. The molecule has 1 rings (SSSR count). The molecule has 0 aliphatic heterocycles. The summed E-state index contributed by atoms with van der Waals surface area (Å²) in [5.74, 6) is -3.58. The molecule has 0 saturated heterocycles. The van der Waals surface area contributed by atoms with Gasteiger partial charge in [0.25, 0.3) is 0 Å². The fourth-order valence-corrected chi connectivity index (χ4v) is 2.81. The molecule has 5 atom stereocenters. The van der Waals surface area contributed by atoms with Gasteiger partial charge in [-0.1, -0.05) is 50.6 Å². The van der Waals surface area contributed by atoms with Crippen LogP contribution in [0.15, 0.2) is 30.3 Å².